The molecule has 9 nitrogen and oxygen atoms in total. The zero-order valence-electron chi connectivity index (χ0n) is 26.2. The Kier molecular flexibility index (Phi) is 11.5. The molecule has 0 amide bonds. The van der Waals surface area contributed by atoms with Gasteiger partial charge >= 0.3 is 11.9 Å². The van der Waals surface area contributed by atoms with E-state index >= 15 is 0 Å². The highest BCUT2D eigenvalue weighted by atomic mass is 28.4. The number of rotatable bonds is 10. The highest BCUT2D eigenvalue weighted by molar-refractivity contribution is 6.74. The fraction of sp³-hybridized carbons (Fsp3) is 0.581. The maximum absolute atomic E-state index is 14.1. The molecule has 0 aliphatic carbocycles. The number of carbonyl (C=O) groups is 1. The minimum Gasteiger partial charge on any atom is -0.497 e. The first kappa shape index (κ1) is 35.3. The van der Waals surface area contributed by atoms with Crippen molar-refractivity contribution in [1.82, 2.24) is 9.13 Å². The van der Waals surface area contributed by atoms with E-state index in [1.807, 2.05) is 0 Å². The van der Waals surface area contributed by atoms with Crippen LogP contribution in [0.1, 0.15) is 75.5 Å². The second-order valence-electron chi connectivity index (χ2n) is 12.1. The van der Waals surface area contributed by atoms with Crippen LogP contribution < -0.4 is 16.0 Å². The van der Waals surface area contributed by atoms with Gasteiger partial charge in [-0.2, -0.15) is 17.7 Å². The third-order valence-corrected chi connectivity index (χ3v) is 12.5. The van der Waals surface area contributed by atoms with Crippen molar-refractivity contribution in [1.29, 1.82) is 0 Å². The third kappa shape index (κ3) is 8.29. The van der Waals surface area contributed by atoms with Gasteiger partial charge < -0.3 is 18.6 Å². The van der Waals surface area contributed by atoms with Crippen molar-refractivity contribution >= 4 is 14.2 Å². The van der Waals surface area contributed by atoms with E-state index in [0.717, 1.165) is 12.8 Å². The summed E-state index contributed by atoms with van der Waals surface area (Å²) in [5.41, 5.74) is -4.89. The van der Waals surface area contributed by atoms with E-state index in [1.165, 1.54) is 31.4 Å². The Morgan fingerprint density at radius 3 is 2.34 bits per heavy atom. The molecule has 1 aliphatic heterocycles. The molecule has 13 heteroatoms. The van der Waals surface area contributed by atoms with Crippen molar-refractivity contribution in [2.75, 3.05) is 20.3 Å². The van der Waals surface area contributed by atoms with Crippen LogP contribution in [0.15, 0.2) is 40.1 Å². The van der Waals surface area contributed by atoms with E-state index in [0.29, 0.717) is 22.9 Å². The number of nitrogens with zero attached hydrogens (tertiary/aromatic N) is 2. The highest BCUT2D eigenvalue weighted by Gasteiger charge is 2.44. The summed E-state index contributed by atoms with van der Waals surface area (Å²) in [5.74, 6) is 5.13. The maximum atomic E-state index is 14.1. The summed E-state index contributed by atoms with van der Waals surface area (Å²) in [5, 5.41) is -0.123. The Hall–Kier alpha value is -3.18. The fourth-order valence-electron chi connectivity index (χ4n) is 4.27. The number of hydrogen-bond acceptors (Lipinski definition) is 7. The molecule has 0 unspecified atom stereocenters. The lowest BCUT2D eigenvalue weighted by atomic mass is 10.2. The van der Waals surface area contributed by atoms with E-state index in [-0.39, 0.29) is 34.8 Å². The number of ether oxygens (including phenoxy) is 3. The molecule has 1 saturated heterocycles. The number of halogens is 3. The first-order valence-corrected chi connectivity index (χ1v) is 17.4. The van der Waals surface area contributed by atoms with Crippen LogP contribution in [0.3, 0.4) is 0 Å². The maximum Gasteiger partial charge on any atom is 0.423 e. The lowest BCUT2D eigenvalue weighted by Gasteiger charge is -2.37. The van der Waals surface area contributed by atoms with Crippen molar-refractivity contribution < 1.29 is 36.6 Å². The number of benzene rings is 1. The van der Waals surface area contributed by atoms with Gasteiger partial charge in [-0.25, -0.2) is 4.79 Å². The summed E-state index contributed by atoms with van der Waals surface area (Å²) in [6.45, 7) is 12.5. The van der Waals surface area contributed by atoms with Gasteiger partial charge in [-0.15, -0.1) is 5.92 Å². The van der Waals surface area contributed by atoms with Crippen molar-refractivity contribution in [2.45, 2.75) is 96.1 Å². The molecule has 0 saturated carbocycles. The SMILES string of the molecule is CCCCC#CCO[C@H]1C[C@H](n2cc(C(F)(F)F)c(=O)n(C(=O)c3ccc(OC)cc3)c2=O)O[C@@H]1CO[Si](C)(C)C(C)(C)C. The van der Waals surface area contributed by atoms with Crippen LogP contribution in [-0.2, 0) is 20.1 Å². The van der Waals surface area contributed by atoms with Crippen molar-refractivity contribution in [3.63, 3.8) is 0 Å². The van der Waals surface area contributed by atoms with E-state index < -0.39 is 55.6 Å². The van der Waals surface area contributed by atoms with Crippen LogP contribution in [0.4, 0.5) is 13.2 Å². The van der Waals surface area contributed by atoms with E-state index in [1.54, 1.807) is 0 Å². The number of alkyl halides is 3. The normalized spacial score (nSPS) is 19.0. The van der Waals surface area contributed by atoms with Gasteiger partial charge in [0.1, 0.15) is 30.3 Å². The van der Waals surface area contributed by atoms with Crippen molar-refractivity contribution in [3.8, 4) is 17.6 Å². The minimum absolute atomic E-state index is 0.0114. The highest BCUT2D eigenvalue weighted by Crippen LogP contribution is 2.38. The summed E-state index contributed by atoms with van der Waals surface area (Å²) in [4.78, 5) is 39.7. The monoisotopic (exact) mass is 638 g/mol. The zero-order chi connectivity index (χ0) is 32.9. The molecule has 1 aromatic carbocycles. The Balaban J connectivity index is 2.02. The standard InChI is InChI=1S/C31H41F3N2O7Si/c1-8-9-10-11-12-17-41-24-18-26(43-25(24)20-42-44(6,7)30(2,3)4)35-19-23(31(32,33)34)28(38)36(29(35)39)27(37)21-13-15-22(40-5)16-14-21/h13-16,19,24-26H,8-10,17-18,20H2,1-7H3/t24-,25+,26+/m0/s1. The van der Waals surface area contributed by atoms with Gasteiger partial charge in [0.15, 0.2) is 8.32 Å². The second kappa shape index (κ2) is 14.3. The lowest BCUT2D eigenvalue weighted by Crippen LogP contribution is -2.47. The lowest BCUT2D eigenvalue weighted by molar-refractivity contribution is -0.139. The van der Waals surface area contributed by atoms with Gasteiger partial charge in [-0.1, -0.05) is 40.0 Å². The number of hydrogen-bond donors (Lipinski definition) is 0. The summed E-state index contributed by atoms with van der Waals surface area (Å²) < 4.78 is 66.2. The predicted molar refractivity (Wildman–Crippen MR) is 161 cm³/mol. The van der Waals surface area contributed by atoms with Crippen LogP contribution in [0.5, 0.6) is 5.75 Å². The van der Waals surface area contributed by atoms with Crippen LogP contribution in [-0.4, -0.2) is 55.9 Å². The second-order valence-corrected chi connectivity index (χ2v) is 17.0. The topological polar surface area (TPSA) is 98.0 Å². The summed E-state index contributed by atoms with van der Waals surface area (Å²) in [6.07, 6.45) is -4.82. The van der Waals surface area contributed by atoms with Gasteiger partial charge in [-0.3, -0.25) is 14.2 Å². The Morgan fingerprint density at radius 1 is 1.11 bits per heavy atom. The van der Waals surface area contributed by atoms with E-state index in [2.05, 4.69) is 52.6 Å². The van der Waals surface area contributed by atoms with Crippen molar-refractivity contribution in [2.24, 2.45) is 0 Å². The quantitative estimate of drug-likeness (QED) is 0.190. The van der Waals surface area contributed by atoms with Gasteiger partial charge in [0, 0.05) is 24.6 Å². The smallest absolute Gasteiger partial charge is 0.423 e. The number of unbranched alkanes of at least 4 members (excludes halogenated alkanes) is 2. The van der Waals surface area contributed by atoms with Crippen LogP contribution in [0.2, 0.25) is 18.1 Å². The Morgan fingerprint density at radius 2 is 1.77 bits per heavy atom. The molecule has 0 bridgehead atoms. The molecule has 2 aromatic rings. The van der Waals surface area contributed by atoms with Crippen molar-refractivity contribution in [3.05, 3.63) is 62.4 Å². The average molecular weight is 639 g/mol. The molecule has 242 valence electrons. The molecule has 0 spiro atoms. The molecule has 1 aliphatic rings. The fourth-order valence-corrected chi connectivity index (χ4v) is 5.29. The molecule has 0 radical (unpaired) electrons. The minimum atomic E-state index is -5.15. The van der Waals surface area contributed by atoms with Gasteiger partial charge in [-0.05, 0) is 48.8 Å². The summed E-state index contributed by atoms with van der Waals surface area (Å²) in [6, 6.07) is 5.29. The Bertz CT molecular complexity index is 1480. The zero-order valence-corrected chi connectivity index (χ0v) is 27.2. The molecule has 44 heavy (non-hydrogen) atoms. The molecular formula is C31H41F3N2O7Si. The molecule has 2 heterocycles. The summed E-state index contributed by atoms with van der Waals surface area (Å²) >= 11 is 0. The van der Waals surface area contributed by atoms with Crippen LogP contribution in [0.25, 0.3) is 0 Å². The largest absolute Gasteiger partial charge is 0.497 e. The van der Waals surface area contributed by atoms with Crippen LogP contribution in [0, 0.1) is 11.8 Å². The molecule has 3 rings (SSSR count). The predicted octanol–water partition coefficient (Wildman–Crippen LogP) is 5.61. The van der Waals surface area contributed by atoms with Gasteiger partial charge in [0.2, 0.25) is 0 Å². The first-order chi connectivity index (χ1) is 20.5. The Labute approximate surface area is 256 Å². The number of carbonyl (C=O) groups excluding carboxylic acids is 1. The average Bonchev–Trinajstić information content (AvgIpc) is 3.35. The molecule has 0 N–H and O–H groups in total. The molecule has 3 atom stereocenters. The van der Waals surface area contributed by atoms with Crippen LogP contribution >= 0.6 is 0 Å². The number of aromatic nitrogens is 2. The van der Waals surface area contributed by atoms with Gasteiger partial charge in [0.25, 0.3) is 11.5 Å². The molecular weight excluding hydrogens is 597 g/mol. The first-order valence-electron chi connectivity index (χ1n) is 14.5. The molecule has 1 aromatic heterocycles. The summed E-state index contributed by atoms with van der Waals surface area (Å²) in [7, 11) is -0.859. The third-order valence-electron chi connectivity index (χ3n) is 8.01. The van der Waals surface area contributed by atoms with Gasteiger partial charge in [0.05, 0.1) is 19.8 Å². The number of methoxy groups -OCH3 is 1. The molecule has 1 fully saturated rings. The van der Waals surface area contributed by atoms with E-state index in [9.17, 15) is 27.6 Å². The van der Waals surface area contributed by atoms with E-state index in [4.69, 9.17) is 18.6 Å².